The molecule has 216 valence electrons. The summed E-state index contributed by atoms with van der Waals surface area (Å²) in [5.41, 5.74) is 1.80. The van der Waals surface area contributed by atoms with Crippen molar-refractivity contribution in [1.29, 1.82) is 0 Å². The van der Waals surface area contributed by atoms with E-state index in [-0.39, 0.29) is 18.7 Å². The van der Waals surface area contributed by atoms with Crippen LogP contribution in [0.25, 0.3) is 0 Å². The van der Waals surface area contributed by atoms with Gasteiger partial charge < -0.3 is 10.0 Å². The van der Waals surface area contributed by atoms with Gasteiger partial charge in [0.2, 0.25) is 0 Å². The molecule has 1 fully saturated rings. The van der Waals surface area contributed by atoms with Crippen LogP contribution in [-0.2, 0) is 25.2 Å². The largest absolute Gasteiger partial charge is 0.382 e. The third-order valence-corrected chi connectivity index (χ3v) is 8.57. The molecular weight excluding hydrogens is 660 g/mol. The summed E-state index contributed by atoms with van der Waals surface area (Å²) in [6.45, 7) is 5.25. The van der Waals surface area contributed by atoms with E-state index in [1.54, 1.807) is 0 Å². The van der Waals surface area contributed by atoms with E-state index < -0.39 is 17.2 Å². The van der Waals surface area contributed by atoms with Crippen molar-refractivity contribution in [2.45, 2.75) is 25.2 Å². The minimum Gasteiger partial charge on any atom is -0.382 e. The Bertz CT molecular complexity index is 1450. The zero-order valence-electron chi connectivity index (χ0n) is 22.6. The van der Waals surface area contributed by atoms with Crippen molar-refractivity contribution in [3.8, 4) is 0 Å². The maximum Gasteiger partial charge on any atom is 0.138 e. The third kappa shape index (κ3) is 7.55. The van der Waals surface area contributed by atoms with Crippen LogP contribution in [0.1, 0.15) is 16.7 Å². The number of hydrogen-bond acceptors (Lipinski definition) is 7. The molecule has 1 saturated heterocycles. The summed E-state index contributed by atoms with van der Waals surface area (Å²) >= 11 is 7.23. The molecule has 8 nitrogen and oxygen atoms in total. The Hall–Kier alpha value is -2.77. The maximum atomic E-state index is 14.7. The molecule has 0 aliphatic carbocycles. The fourth-order valence-corrected chi connectivity index (χ4v) is 6.08. The van der Waals surface area contributed by atoms with E-state index in [0.29, 0.717) is 6.54 Å². The van der Waals surface area contributed by atoms with Crippen LogP contribution >= 0.6 is 31.9 Å². The average Bonchev–Trinajstić information content (AvgIpc) is 3.44. The first-order valence-corrected chi connectivity index (χ1v) is 14.8. The highest BCUT2D eigenvalue weighted by Crippen LogP contribution is 2.29. The van der Waals surface area contributed by atoms with Gasteiger partial charge in [-0.3, -0.25) is 9.80 Å². The van der Waals surface area contributed by atoms with Crippen LogP contribution in [0.3, 0.4) is 0 Å². The van der Waals surface area contributed by atoms with Gasteiger partial charge in [-0.05, 0) is 65.0 Å². The third-order valence-electron chi connectivity index (χ3n) is 7.31. The van der Waals surface area contributed by atoms with Gasteiger partial charge in [0.25, 0.3) is 0 Å². The summed E-state index contributed by atoms with van der Waals surface area (Å²) in [7, 11) is 1.85. The minimum absolute atomic E-state index is 0.0111. The zero-order chi connectivity index (χ0) is 29.0. The lowest BCUT2D eigenvalue weighted by Crippen LogP contribution is -2.46. The molecule has 5 rings (SSSR count). The van der Waals surface area contributed by atoms with Gasteiger partial charge in [0.15, 0.2) is 0 Å². The van der Waals surface area contributed by atoms with Crippen molar-refractivity contribution in [1.82, 2.24) is 30.0 Å². The van der Waals surface area contributed by atoms with Crippen LogP contribution in [0.5, 0.6) is 0 Å². The number of halogens is 4. The average molecular weight is 691 g/mol. The Morgan fingerprint density at radius 2 is 1.73 bits per heavy atom. The summed E-state index contributed by atoms with van der Waals surface area (Å²) in [4.78, 5) is 6.76. The van der Waals surface area contributed by atoms with Gasteiger partial charge >= 0.3 is 0 Å². The van der Waals surface area contributed by atoms with Crippen LogP contribution in [0.2, 0.25) is 0 Å². The van der Waals surface area contributed by atoms with E-state index in [1.165, 1.54) is 28.3 Å². The van der Waals surface area contributed by atoms with E-state index in [9.17, 15) is 13.9 Å². The number of aromatic nitrogens is 4. The molecule has 2 heterocycles. The van der Waals surface area contributed by atoms with E-state index in [4.69, 9.17) is 0 Å². The van der Waals surface area contributed by atoms with Gasteiger partial charge in [0.05, 0.1) is 6.54 Å². The second-order valence-corrected chi connectivity index (χ2v) is 12.3. The normalized spacial score (nSPS) is 15.8. The molecule has 1 aliphatic rings. The molecule has 1 aliphatic heterocycles. The van der Waals surface area contributed by atoms with Gasteiger partial charge in [0.1, 0.15) is 23.6 Å². The molecule has 0 saturated carbocycles. The first kappa shape index (κ1) is 29.7. The molecule has 0 radical (unpaired) electrons. The highest BCUT2D eigenvalue weighted by atomic mass is 79.9. The molecule has 1 N–H and O–H groups in total. The molecule has 1 unspecified atom stereocenters. The molecule has 0 amide bonds. The number of aliphatic hydroxyl groups is 1. The molecule has 1 aromatic heterocycles. The van der Waals surface area contributed by atoms with E-state index in [1.807, 2.05) is 18.0 Å². The Balaban J connectivity index is 1.19. The van der Waals surface area contributed by atoms with Crippen LogP contribution in [0.4, 0.5) is 14.5 Å². The second kappa shape index (κ2) is 13.0. The molecule has 12 heteroatoms. The van der Waals surface area contributed by atoms with E-state index in [2.05, 4.69) is 93.6 Å². The van der Waals surface area contributed by atoms with Crippen LogP contribution in [0.15, 0.2) is 75.9 Å². The molecule has 41 heavy (non-hydrogen) atoms. The second-order valence-electron chi connectivity index (χ2n) is 10.5. The molecular formula is C29H31Br2F2N7O. The van der Waals surface area contributed by atoms with E-state index >= 15 is 0 Å². The summed E-state index contributed by atoms with van der Waals surface area (Å²) in [6, 6.07) is 17.9. The minimum atomic E-state index is -1.69. The molecule has 4 aromatic rings. The number of tetrazole rings is 1. The smallest absolute Gasteiger partial charge is 0.138 e. The van der Waals surface area contributed by atoms with Crippen molar-refractivity contribution in [3.63, 3.8) is 0 Å². The van der Waals surface area contributed by atoms with Gasteiger partial charge in [-0.2, -0.15) is 0 Å². The molecule has 0 spiro atoms. The number of piperazine rings is 1. The quantitative estimate of drug-likeness (QED) is 0.256. The Labute approximate surface area is 254 Å². The summed E-state index contributed by atoms with van der Waals surface area (Å²) < 4.78 is 31.9. The Morgan fingerprint density at radius 3 is 2.41 bits per heavy atom. The van der Waals surface area contributed by atoms with E-state index in [0.717, 1.165) is 59.4 Å². The summed E-state index contributed by atoms with van der Waals surface area (Å²) in [5.74, 6) is -1.52. The SMILES string of the molecule is CN(Cc1ccc(N2CCN(Cc3cc(Br)ccc3Br)CC2)cc1)CC(O)(Cn1cnnn1)c1ccc(F)cc1F. The topological polar surface area (TPSA) is 73.6 Å². The lowest BCUT2D eigenvalue weighted by Gasteiger charge is -2.36. The zero-order valence-corrected chi connectivity index (χ0v) is 25.8. The van der Waals surface area contributed by atoms with Crippen LogP contribution in [-0.4, -0.2) is 74.9 Å². The predicted octanol–water partition coefficient (Wildman–Crippen LogP) is 4.82. The maximum absolute atomic E-state index is 14.7. The fourth-order valence-electron chi connectivity index (χ4n) is 5.30. The lowest BCUT2D eigenvalue weighted by atomic mass is 9.92. The van der Waals surface area contributed by atoms with Crippen LogP contribution < -0.4 is 4.90 Å². The number of benzene rings is 3. The van der Waals surface area contributed by atoms with Crippen molar-refractivity contribution >= 4 is 37.5 Å². The Kier molecular flexibility index (Phi) is 9.45. The Morgan fingerprint density at radius 1 is 0.976 bits per heavy atom. The standard InChI is InChI=1S/C29H31Br2F2N7O/c1-37(18-29(41,19-40-20-34-35-36-40)26-8-5-24(32)15-28(26)33)16-21-2-6-25(7-3-21)39-12-10-38(11-13-39)17-22-14-23(30)4-9-27(22)31/h2-9,14-15,20,41H,10-13,16-19H2,1H3. The number of anilines is 1. The lowest BCUT2D eigenvalue weighted by molar-refractivity contribution is -0.0178. The highest BCUT2D eigenvalue weighted by Gasteiger charge is 2.35. The number of likely N-dealkylation sites (N-methyl/N-ethyl adjacent to an activating group) is 1. The first-order chi connectivity index (χ1) is 19.7. The van der Waals surface area contributed by atoms with Gasteiger partial charge in [-0.15, -0.1) is 5.10 Å². The predicted molar refractivity (Wildman–Crippen MR) is 160 cm³/mol. The highest BCUT2D eigenvalue weighted by molar-refractivity contribution is 9.11. The number of hydrogen-bond donors (Lipinski definition) is 1. The molecule has 3 aromatic carbocycles. The van der Waals surface area contributed by atoms with Gasteiger partial charge in [0, 0.05) is 72.1 Å². The van der Waals surface area contributed by atoms with Crippen molar-refractivity contribution in [2.75, 3.05) is 44.7 Å². The fraction of sp³-hybridized carbons (Fsp3) is 0.345. The number of nitrogens with zero attached hydrogens (tertiary/aromatic N) is 7. The molecule has 1 atom stereocenters. The molecule has 0 bridgehead atoms. The summed E-state index contributed by atoms with van der Waals surface area (Å²) in [6.07, 6.45) is 1.35. The summed E-state index contributed by atoms with van der Waals surface area (Å²) in [5, 5.41) is 22.6. The van der Waals surface area contributed by atoms with Crippen LogP contribution in [0, 0.1) is 11.6 Å². The number of rotatable bonds is 10. The van der Waals surface area contributed by atoms with Crippen molar-refractivity contribution in [2.24, 2.45) is 0 Å². The first-order valence-electron chi connectivity index (χ1n) is 13.3. The van der Waals surface area contributed by atoms with Gasteiger partial charge in [-0.25, -0.2) is 13.5 Å². The monoisotopic (exact) mass is 689 g/mol. The van der Waals surface area contributed by atoms with Gasteiger partial charge in [-0.1, -0.05) is 50.1 Å². The van der Waals surface area contributed by atoms with Crippen molar-refractivity contribution in [3.05, 3.63) is 104 Å². The van der Waals surface area contributed by atoms with Crippen molar-refractivity contribution < 1.29 is 13.9 Å².